The molecular weight excluding hydrogens is 372 g/mol. The smallest absolute Gasteiger partial charge is 0.339 e. The van der Waals surface area contributed by atoms with Crippen LogP contribution >= 0.6 is 0 Å². The van der Waals surface area contributed by atoms with E-state index >= 15 is 0 Å². The number of carboxylic acid groups (broad SMARTS) is 1. The van der Waals surface area contributed by atoms with Crippen molar-refractivity contribution in [2.24, 2.45) is 0 Å². The zero-order valence-corrected chi connectivity index (χ0v) is 15.5. The van der Waals surface area contributed by atoms with Crippen molar-refractivity contribution >= 4 is 34.4 Å². The van der Waals surface area contributed by atoms with E-state index in [1.165, 1.54) is 18.2 Å². The number of rotatable bonds is 5. The van der Waals surface area contributed by atoms with E-state index in [1.54, 1.807) is 6.07 Å². The number of carbonyl (C=O) groups excluding carboxylic acids is 2. The summed E-state index contributed by atoms with van der Waals surface area (Å²) in [4.78, 5) is 40.7. The number of carboxylic acids is 1. The summed E-state index contributed by atoms with van der Waals surface area (Å²) >= 11 is 0. The first-order valence-corrected chi connectivity index (χ1v) is 9.24. The first kappa shape index (κ1) is 18.6. The number of anilines is 1. The number of aromatic carboxylic acids is 1. The van der Waals surface area contributed by atoms with Gasteiger partial charge >= 0.3 is 11.9 Å². The fraction of sp³-hybridized carbons (Fsp3) is 0.182. The van der Waals surface area contributed by atoms with Crippen LogP contribution < -0.4 is 5.32 Å². The Hall–Kier alpha value is -3.74. The van der Waals surface area contributed by atoms with Crippen molar-refractivity contribution in [3.8, 4) is 0 Å². The van der Waals surface area contributed by atoms with Crippen LogP contribution in [0, 0.1) is 0 Å². The summed E-state index contributed by atoms with van der Waals surface area (Å²) in [5, 5.41) is 12.3. The highest BCUT2D eigenvalue weighted by Gasteiger charge is 2.25. The number of hydrogen-bond donors (Lipinski definition) is 2. The third kappa shape index (κ3) is 3.80. The summed E-state index contributed by atoms with van der Waals surface area (Å²) in [5.41, 5.74) is 3.38. The number of aromatic nitrogens is 1. The van der Waals surface area contributed by atoms with E-state index in [1.807, 2.05) is 24.3 Å². The number of carbonyl (C=O) groups is 3. The number of hydrogen-bond acceptors (Lipinski definition) is 5. The van der Waals surface area contributed by atoms with Crippen LogP contribution in [-0.4, -0.2) is 34.5 Å². The number of esters is 1. The van der Waals surface area contributed by atoms with Crippen molar-refractivity contribution in [2.75, 3.05) is 11.9 Å². The summed E-state index contributed by atoms with van der Waals surface area (Å²) in [6.07, 6.45) is 2.51. The van der Waals surface area contributed by atoms with Gasteiger partial charge in [-0.2, -0.15) is 0 Å². The lowest BCUT2D eigenvalue weighted by molar-refractivity contribution is -0.119. The molecule has 29 heavy (non-hydrogen) atoms. The van der Waals surface area contributed by atoms with E-state index in [4.69, 9.17) is 9.84 Å². The Bertz CT molecular complexity index is 1140. The molecule has 146 valence electrons. The fourth-order valence-corrected chi connectivity index (χ4v) is 3.57. The van der Waals surface area contributed by atoms with Gasteiger partial charge in [-0.05, 0) is 49.1 Å². The van der Waals surface area contributed by atoms with E-state index < -0.39 is 24.5 Å². The maximum absolute atomic E-state index is 12.8. The third-order valence-corrected chi connectivity index (χ3v) is 4.85. The second kappa shape index (κ2) is 7.71. The maximum Gasteiger partial charge on any atom is 0.339 e. The minimum absolute atomic E-state index is 0.0543. The number of nitrogens with zero attached hydrogens (tertiary/aromatic N) is 1. The molecule has 7 nitrogen and oxygen atoms in total. The van der Waals surface area contributed by atoms with Crippen LogP contribution in [0.25, 0.3) is 10.9 Å². The number of ether oxygens (including phenoxy) is 1. The molecule has 0 saturated carbocycles. The topological polar surface area (TPSA) is 106 Å². The molecule has 1 aliphatic carbocycles. The molecule has 1 heterocycles. The lowest BCUT2D eigenvalue weighted by Gasteiger charge is -2.12. The molecule has 0 bridgehead atoms. The van der Waals surface area contributed by atoms with Gasteiger partial charge < -0.3 is 15.2 Å². The Balaban J connectivity index is 1.50. The largest absolute Gasteiger partial charge is 0.478 e. The summed E-state index contributed by atoms with van der Waals surface area (Å²) in [6, 6.07) is 13.2. The van der Waals surface area contributed by atoms with Crippen LogP contribution in [0.1, 0.15) is 38.4 Å². The van der Waals surface area contributed by atoms with E-state index in [0.29, 0.717) is 16.6 Å². The Morgan fingerprint density at radius 1 is 1.07 bits per heavy atom. The molecule has 4 rings (SSSR count). The molecule has 0 fully saturated rings. The van der Waals surface area contributed by atoms with Crippen LogP contribution in [0.5, 0.6) is 0 Å². The van der Waals surface area contributed by atoms with Crippen molar-refractivity contribution in [3.63, 3.8) is 0 Å². The molecular formula is C22H18N2O5. The van der Waals surface area contributed by atoms with Crippen LogP contribution in [0.15, 0.2) is 48.5 Å². The van der Waals surface area contributed by atoms with Gasteiger partial charge in [-0.3, -0.25) is 9.78 Å². The summed E-state index contributed by atoms with van der Waals surface area (Å²) in [5.74, 6) is -2.20. The van der Waals surface area contributed by atoms with E-state index in [0.717, 1.165) is 36.0 Å². The molecule has 1 aliphatic rings. The monoisotopic (exact) mass is 390 g/mol. The molecule has 2 N–H and O–H groups in total. The van der Waals surface area contributed by atoms with Gasteiger partial charge in [0.2, 0.25) is 0 Å². The van der Waals surface area contributed by atoms with Crippen molar-refractivity contribution < 1.29 is 24.2 Å². The predicted octanol–water partition coefficient (Wildman–Crippen LogP) is 3.22. The first-order chi connectivity index (χ1) is 14.0. The lowest BCUT2D eigenvalue weighted by Crippen LogP contribution is -2.22. The standard InChI is InChI=1S/C22H18N2O5/c25-19(23-14-6-3-5-13(11-14)21(26)27)12-29-22(28)20-15-7-1-2-9-17(15)24-18-10-4-8-16(18)20/h1-3,5-7,9,11H,4,8,10,12H2,(H,23,25)(H,26,27). The Kier molecular flexibility index (Phi) is 4.95. The molecule has 7 heteroatoms. The molecule has 3 aromatic rings. The van der Waals surface area contributed by atoms with E-state index in [9.17, 15) is 14.4 Å². The second-order valence-electron chi connectivity index (χ2n) is 6.79. The summed E-state index contributed by atoms with van der Waals surface area (Å²) in [7, 11) is 0. The highest BCUT2D eigenvalue weighted by molar-refractivity contribution is 6.06. The van der Waals surface area contributed by atoms with Gasteiger partial charge in [0.05, 0.1) is 16.6 Å². The average molecular weight is 390 g/mol. The Labute approximate surface area is 166 Å². The van der Waals surface area contributed by atoms with Crippen LogP contribution in [-0.2, 0) is 22.4 Å². The minimum Gasteiger partial charge on any atom is -0.478 e. The number of benzene rings is 2. The predicted molar refractivity (Wildman–Crippen MR) is 106 cm³/mol. The Morgan fingerprint density at radius 3 is 2.72 bits per heavy atom. The van der Waals surface area contributed by atoms with E-state index in [-0.39, 0.29) is 5.56 Å². The highest BCUT2D eigenvalue weighted by Crippen LogP contribution is 2.30. The van der Waals surface area contributed by atoms with Gasteiger partial charge in [-0.1, -0.05) is 24.3 Å². The first-order valence-electron chi connectivity index (χ1n) is 9.24. The molecule has 0 radical (unpaired) electrons. The zero-order chi connectivity index (χ0) is 20.4. The molecule has 0 unspecified atom stereocenters. The maximum atomic E-state index is 12.8. The number of amides is 1. The Morgan fingerprint density at radius 2 is 1.90 bits per heavy atom. The SMILES string of the molecule is O=C(COC(=O)c1c2c(nc3ccccc13)CCC2)Nc1cccc(C(=O)O)c1. The molecule has 2 aromatic carbocycles. The van der Waals surface area contributed by atoms with Crippen molar-refractivity contribution in [1.82, 2.24) is 4.98 Å². The number of aryl methyl sites for hydroxylation is 1. The van der Waals surface area contributed by atoms with Crippen LogP contribution in [0.4, 0.5) is 5.69 Å². The number of pyridine rings is 1. The van der Waals surface area contributed by atoms with Gasteiger partial charge in [0.25, 0.3) is 5.91 Å². The lowest BCUT2D eigenvalue weighted by atomic mass is 10.0. The summed E-state index contributed by atoms with van der Waals surface area (Å²) in [6.45, 7) is -0.471. The van der Waals surface area contributed by atoms with Crippen LogP contribution in [0.3, 0.4) is 0 Å². The number of para-hydroxylation sites is 1. The van der Waals surface area contributed by atoms with Crippen molar-refractivity contribution in [3.05, 3.63) is 70.9 Å². The van der Waals surface area contributed by atoms with Crippen molar-refractivity contribution in [2.45, 2.75) is 19.3 Å². The molecule has 0 aliphatic heterocycles. The zero-order valence-electron chi connectivity index (χ0n) is 15.5. The van der Waals surface area contributed by atoms with Crippen molar-refractivity contribution in [1.29, 1.82) is 0 Å². The normalized spacial score (nSPS) is 12.4. The van der Waals surface area contributed by atoms with E-state index in [2.05, 4.69) is 10.3 Å². The number of fused-ring (bicyclic) bond motifs is 2. The molecule has 1 aromatic heterocycles. The van der Waals surface area contributed by atoms with Gasteiger partial charge in [-0.25, -0.2) is 9.59 Å². The van der Waals surface area contributed by atoms with Gasteiger partial charge in [-0.15, -0.1) is 0 Å². The quantitative estimate of drug-likeness (QED) is 0.648. The second-order valence-corrected chi connectivity index (χ2v) is 6.79. The molecule has 0 spiro atoms. The molecule has 0 atom stereocenters. The minimum atomic E-state index is -1.09. The fourth-order valence-electron chi connectivity index (χ4n) is 3.57. The molecule has 0 saturated heterocycles. The highest BCUT2D eigenvalue weighted by atomic mass is 16.5. The number of nitrogens with one attached hydrogen (secondary N) is 1. The average Bonchev–Trinajstić information content (AvgIpc) is 3.18. The van der Waals surface area contributed by atoms with Crippen LogP contribution in [0.2, 0.25) is 0 Å². The molecule has 1 amide bonds. The third-order valence-electron chi connectivity index (χ3n) is 4.85. The summed E-state index contributed by atoms with van der Waals surface area (Å²) < 4.78 is 5.28. The van der Waals surface area contributed by atoms with Gasteiger partial charge in [0.15, 0.2) is 6.61 Å². The van der Waals surface area contributed by atoms with Gasteiger partial charge in [0.1, 0.15) is 0 Å². The van der Waals surface area contributed by atoms with Gasteiger partial charge in [0, 0.05) is 16.8 Å².